The minimum Gasteiger partial charge on any atom is -0.309 e. The molecule has 1 atom stereocenters. The Labute approximate surface area is 237 Å². The summed E-state index contributed by atoms with van der Waals surface area (Å²) in [7, 11) is 0. The van der Waals surface area contributed by atoms with Crippen molar-refractivity contribution in [3.63, 3.8) is 0 Å². The quantitative estimate of drug-likeness (QED) is 0.206. The van der Waals surface area contributed by atoms with Gasteiger partial charge in [-0.05, 0) is 66.4 Å². The first-order chi connectivity index (χ1) is 19.7. The third-order valence-corrected chi connectivity index (χ3v) is 9.46. The first-order valence-electron chi connectivity index (χ1n) is 14.6. The molecule has 2 heterocycles. The molecule has 0 saturated heterocycles. The molecule has 0 N–H and O–H groups in total. The largest absolute Gasteiger partial charge is 0.309 e. The van der Waals surface area contributed by atoms with Crippen LogP contribution in [0, 0.1) is 0 Å². The van der Waals surface area contributed by atoms with Crippen LogP contribution < -0.4 is 9.47 Å². The van der Waals surface area contributed by atoms with Crippen molar-refractivity contribution in [2.75, 3.05) is 4.90 Å². The summed E-state index contributed by atoms with van der Waals surface area (Å²) >= 11 is 0. The predicted octanol–water partition coefficient (Wildman–Crippen LogP) is 10.0. The molecule has 40 heavy (non-hydrogen) atoms. The number of aromatic nitrogens is 1. The molecule has 5 aromatic carbocycles. The highest BCUT2D eigenvalue weighted by molar-refractivity contribution is 6.04. The molecule has 6 aromatic rings. The summed E-state index contributed by atoms with van der Waals surface area (Å²) in [6.07, 6.45) is 4.48. The lowest BCUT2D eigenvalue weighted by Crippen LogP contribution is -2.54. The third kappa shape index (κ3) is 3.59. The van der Waals surface area contributed by atoms with Crippen LogP contribution in [-0.2, 0) is 5.41 Å². The minimum absolute atomic E-state index is 0.0939. The molecule has 1 aliphatic heterocycles. The van der Waals surface area contributed by atoms with Crippen molar-refractivity contribution in [3.8, 4) is 11.3 Å². The zero-order valence-electron chi connectivity index (χ0n) is 23.5. The van der Waals surface area contributed by atoms with E-state index in [1.165, 1.54) is 55.4 Å². The van der Waals surface area contributed by atoms with Crippen LogP contribution in [0.3, 0.4) is 0 Å². The number of anilines is 3. The molecule has 1 aliphatic rings. The zero-order chi connectivity index (χ0) is 27.3. The van der Waals surface area contributed by atoms with E-state index in [0.717, 1.165) is 12.8 Å². The summed E-state index contributed by atoms with van der Waals surface area (Å²) in [5.41, 5.74) is 7.75. The Balaban J connectivity index is 1.54. The maximum Gasteiger partial charge on any atom is 0.213 e. The van der Waals surface area contributed by atoms with Gasteiger partial charge in [0.05, 0.1) is 22.4 Å². The Morgan fingerprint density at radius 2 is 1.23 bits per heavy atom. The highest BCUT2D eigenvalue weighted by Gasteiger charge is 2.47. The first kappa shape index (κ1) is 24.6. The lowest BCUT2D eigenvalue weighted by molar-refractivity contribution is -0.721. The van der Waals surface area contributed by atoms with Crippen LogP contribution in [0.4, 0.5) is 17.1 Å². The summed E-state index contributed by atoms with van der Waals surface area (Å²) in [4.78, 5) is 2.47. The number of benzene rings is 5. The molecule has 7 rings (SSSR count). The zero-order valence-corrected chi connectivity index (χ0v) is 23.5. The van der Waals surface area contributed by atoms with E-state index in [1.807, 2.05) is 0 Å². The van der Waals surface area contributed by atoms with Gasteiger partial charge >= 0.3 is 0 Å². The van der Waals surface area contributed by atoms with Gasteiger partial charge in [-0.15, -0.1) is 0 Å². The summed E-state index contributed by atoms with van der Waals surface area (Å²) in [6.45, 7) is 7.10. The van der Waals surface area contributed by atoms with Crippen molar-refractivity contribution in [1.29, 1.82) is 0 Å². The third-order valence-electron chi connectivity index (χ3n) is 9.46. The number of nitrogens with zero attached hydrogens (tertiary/aromatic N) is 2. The maximum absolute atomic E-state index is 2.50. The van der Waals surface area contributed by atoms with Crippen LogP contribution in [0.2, 0.25) is 0 Å². The summed E-state index contributed by atoms with van der Waals surface area (Å²) in [5, 5.41) is 4.98. The van der Waals surface area contributed by atoms with Gasteiger partial charge < -0.3 is 4.90 Å². The van der Waals surface area contributed by atoms with Gasteiger partial charge in [0.15, 0.2) is 12.2 Å². The molecule has 0 bridgehead atoms. The van der Waals surface area contributed by atoms with E-state index in [2.05, 4.69) is 158 Å². The molecule has 0 fully saturated rings. The molecule has 1 unspecified atom stereocenters. The topological polar surface area (TPSA) is 7.12 Å². The molecule has 0 amide bonds. The van der Waals surface area contributed by atoms with Gasteiger partial charge in [0.25, 0.3) is 0 Å². The molecule has 0 saturated carbocycles. The average Bonchev–Trinajstić information content (AvgIpc) is 3.02. The van der Waals surface area contributed by atoms with Gasteiger partial charge in [-0.3, -0.25) is 0 Å². The number of fused-ring (bicyclic) bond motifs is 5. The van der Waals surface area contributed by atoms with Gasteiger partial charge in [0.1, 0.15) is 0 Å². The normalized spacial score (nSPS) is 15.5. The molecular formula is C38H35N2+. The van der Waals surface area contributed by atoms with E-state index >= 15 is 0 Å². The summed E-state index contributed by atoms with van der Waals surface area (Å²) in [6, 6.07) is 45.0. The molecular weight excluding hydrogens is 484 g/mol. The van der Waals surface area contributed by atoms with Crippen LogP contribution in [-0.4, -0.2) is 0 Å². The Kier molecular flexibility index (Phi) is 5.93. The van der Waals surface area contributed by atoms with Crippen LogP contribution >= 0.6 is 0 Å². The fourth-order valence-electron chi connectivity index (χ4n) is 7.27. The lowest BCUT2D eigenvalue weighted by Gasteiger charge is -2.40. The molecule has 1 aromatic heterocycles. The second-order valence-electron chi connectivity index (χ2n) is 11.1. The molecule has 0 aliphatic carbocycles. The highest BCUT2D eigenvalue weighted by atomic mass is 15.1. The van der Waals surface area contributed by atoms with Crippen LogP contribution in [0.25, 0.3) is 32.8 Å². The van der Waals surface area contributed by atoms with E-state index in [0.29, 0.717) is 6.04 Å². The Bertz CT molecular complexity index is 1770. The van der Waals surface area contributed by atoms with Gasteiger partial charge in [-0.1, -0.05) is 92.7 Å². The second-order valence-corrected chi connectivity index (χ2v) is 11.1. The van der Waals surface area contributed by atoms with Gasteiger partial charge in [0.2, 0.25) is 5.69 Å². The van der Waals surface area contributed by atoms with Gasteiger partial charge in [-0.25, -0.2) is 0 Å². The van der Waals surface area contributed by atoms with Gasteiger partial charge in [-0.2, -0.15) is 4.57 Å². The number of hydrogen-bond donors (Lipinski definition) is 0. The Morgan fingerprint density at radius 3 is 1.85 bits per heavy atom. The van der Waals surface area contributed by atoms with Crippen molar-refractivity contribution in [2.24, 2.45) is 0 Å². The standard InChI is InChI=1S/C38H35N2/c1-4-38(5-2)27(3)39-25-11-10-20-35(39)33-26-30(23-24-34(33)38)40(36-21-12-16-28-14-6-8-18-31(28)36)37-22-13-17-29-15-7-9-19-32(29)37/h6-27H,4-5H2,1-3H3/q+1. The predicted molar refractivity (Wildman–Crippen MR) is 169 cm³/mol. The van der Waals surface area contributed by atoms with E-state index in [1.54, 1.807) is 0 Å². The van der Waals surface area contributed by atoms with Crippen LogP contribution in [0.15, 0.2) is 128 Å². The Hall–Kier alpha value is -4.43. The van der Waals surface area contributed by atoms with Crippen molar-refractivity contribution in [2.45, 2.75) is 45.1 Å². The summed E-state index contributed by atoms with van der Waals surface area (Å²) in [5.74, 6) is 0. The van der Waals surface area contributed by atoms with Crippen molar-refractivity contribution in [1.82, 2.24) is 0 Å². The average molecular weight is 520 g/mol. The second kappa shape index (κ2) is 9.64. The SMILES string of the molecule is CCC1(CC)c2ccc(N(c3cccc4ccccc34)c3cccc4ccccc34)cc2-c2cccc[n+]2C1C. The van der Waals surface area contributed by atoms with E-state index in [9.17, 15) is 0 Å². The smallest absolute Gasteiger partial charge is 0.213 e. The molecule has 0 spiro atoms. The van der Waals surface area contributed by atoms with Crippen molar-refractivity contribution < 1.29 is 4.57 Å². The van der Waals surface area contributed by atoms with E-state index < -0.39 is 0 Å². The Morgan fingerprint density at radius 1 is 0.650 bits per heavy atom. The lowest BCUT2D eigenvalue weighted by atomic mass is 9.66. The number of rotatable bonds is 5. The number of pyridine rings is 1. The fraction of sp³-hybridized carbons (Fsp3) is 0.184. The molecule has 2 heteroatoms. The highest BCUT2D eigenvalue weighted by Crippen LogP contribution is 2.50. The van der Waals surface area contributed by atoms with E-state index in [4.69, 9.17) is 0 Å². The maximum atomic E-state index is 2.50. The van der Waals surface area contributed by atoms with Crippen LogP contribution in [0.5, 0.6) is 0 Å². The van der Waals surface area contributed by atoms with Crippen molar-refractivity contribution >= 4 is 38.6 Å². The fourth-order valence-corrected chi connectivity index (χ4v) is 7.27. The van der Waals surface area contributed by atoms with Crippen molar-refractivity contribution in [3.05, 3.63) is 133 Å². The first-order valence-corrected chi connectivity index (χ1v) is 14.6. The molecule has 2 nitrogen and oxygen atoms in total. The molecule has 196 valence electrons. The van der Waals surface area contributed by atoms with Crippen LogP contribution in [0.1, 0.15) is 45.2 Å². The summed E-state index contributed by atoms with van der Waals surface area (Å²) < 4.78 is 2.50. The van der Waals surface area contributed by atoms with Gasteiger partial charge in [0, 0.05) is 28.6 Å². The molecule has 0 radical (unpaired) electrons. The minimum atomic E-state index is 0.0939. The van der Waals surface area contributed by atoms with E-state index in [-0.39, 0.29) is 5.41 Å². The number of hydrogen-bond acceptors (Lipinski definition) is 1. The monoisotopic (exact) mass is 519 g/mol.